The summed E-state index contributed by atoms with van der Waals surface area (Å²) >= 11 is 5.47. The molecule has 1 rings (SSSR count). The zero-order chi connectivity index (χ0) is 7.72. The molecule has 0 atom stereocenters. The zero-order valence-electron chi connectivity index (χ0n) is 5.34. The van der Waals surface area contributed by atoms with Crippen LogP contribution in [0.5, 0.6) is 0 Å². The smallest absolute Gasteiger partial charge is 0.267 e. The van der Waals surface area contributed by atoms with Crippen molar-refractivity contribution in [1.82, 2.24) is 9.78 Å². The van der Waals surface area contributed by atoms with E-state index in [-0.39, 0.29) is 5.15 Å². The Hall–Kier alpha value is -1.03. The van der Waals surface area contributed by atoms with Crippen molar-refractivity contribution in [3.05, 3.63) is 16.9 Å². The van der Waals surface area contributed by atoms with Crippen LogP contribution in [-0.4, -0.2) is 15.7 Å². The fourth-order valence-corrected chi connectivity index (χ4v) is 0.880. The number of rotatable bonds is 1. The highest BCUT2D eigenvalue weighted by atomic mass is 35.5. The topological polar surface area (TPSA) is 60.9 Å². The van der Waals surface area contributed by atoms with Gasteiger partial charge in [0.25, 0.3) is 5.91 Å². The zero-order valence-corrected chi connectivity index (χ0v) is 6.09. The van der Waals surface area contributed by atoms with Gasteiger partial charge >= 0.3 is 0 Å². The third-order valence-electron chi connectivity index (χ3n) is 1.10. The maximum absolute atomic E-state index is 10.5. The molecule has 0 unspecified atom stereocenters. The van der Waals surface area contributed by atoms with Gasteiger partial charge in [-0.1, -0.05) is 11.6 Å². The van der Waals surface area contributed by atoms with E-state index >= 15 is 0 Å². The average molecular weight is 160 g/mol. The van der Waals surface area contributed by atoms with Crippen LogP contribution in [0.15, 0.2) is 6.07 Å². The van der Waals surface area contributed by atoms with Gasteiger partial charge in [-0.05, 0) is 0 Å². The van der Waals surface area contributed by atoms with Gasteiger partial charge in [-0.25, -0.2) is 0 Å². The fourth-order valence-electron chi connectivity index (χ4n) is 0.663. The number of amides is 1. The first-order valence-corrected chi connectivity index (χ1v) is 2.98. The molecule has 4 nitrogen and oxygen atoms in total. The van der Waals surface area contributed by atoms with E-state index < -0.39 is 5.91 Å². The van der Waals surface area contributed by atoms with Crippen LogP contribution in [0, 0.1) is 0 Å². The van der Waals surface area contributed by atoms with E-state index in [1.54, 1.807) is 7.05 Å². The molecule has 0 saturated carbocycles. The summed E-state index contributed by atoms with van der Waals surface area (Å²) < 4.78 is 1.34. The summed E-state index contributed by atoms with van der Waals surface area (Å²) in [5, 5.41) is 3.99. The lowest BCUT2D eigenvalue weighted by atomic mass is 10.4. The predicted molar refractivity (Wildman–Crippen MR) is 36.7 cm³/mol. The molecule has 54 valence electrons. The minimum absolute atomic E-state index is 0.274. The molecule has 0 aliphatic rings. The second kappa shape index (κ2) is 2.30. The molecule has 0 aliphatic carbocycles. The van der Waals surface area contributed by atoms with Gasteiger partial charge in [-0.3, -0.25) is 9.48 Å². The number of primary amides is 1. The van der Waals surface area contributed by atoms with Crippen molar-refractivity contribution >= 4 is 17.5 Å². The number of halogens is 1. The standard InChI is InChI=1S/C5H6ClN3O/c1-9-3(5(7)10)2-4(6)8-9/h2H,1H3,(H2,7,10). The summed E-state index contributed by atoms with van der Waals surface area (Å²) in [5.41, 5.74) is 5.28. The van der Waals surface area contributed by atoms with Crippen molar-refractivity contribution in [3.63, 3.8) is 0 Å². The Bertz CT molecular complexity index is 268. The first-order chi connectivity index (χ1) is 4.61. The van der Waals surface area contributed by atoms with Crippen molar-refractivity contribution in [2.24, 2.45) is 12.8 Å². The van der Waals surface area contributed by atoms with Crippen molar-refractivity contribution < 1.29 is 4.79 Å². The Balaban J connectivity index is 3.15. The third-order valence-corrected chi connectivity index (χ3v) is 1.29. The summed E-state index contributed by atoms with van der Waals surface area (Å²) in [4.78, 5) is 10.5. The van der Waals surface area contributed by atoms with Crippen LogP contribution in [0.1, 0.15) is 10.5 Å². The van der Waals surface area contributed by atoms with Crippen molar-refractivity contribution in [2.45, 2.75) is 0 Å². The number of carbonyl (C=O) groups excluding carboxylic acids is 1. The lowest BCUT2D eigenvalue weighted by Crippen LogP contribution is -2.15. The van der Waals surface area contributed by atoms with Crippen LogP contribution >= 0.6 is 11.6 Å². The lowest BCUT2D eigenvalue weighted by molar-refractivity contribution is 0.0991. The molecule has 10 heavy (non-hydrogen) atoms. The van der Waals surface area contributed by atoms with E-state index in [0.717, 1.165) is 0 Å². The normalized spacial score (nSPS) is 9.80. The van der Waals surface area contributed by atoms with Crippen LogP contribution in [-0.2, 0) is 7.05 Å². The second-order valence-electron chi connectivity index (χ2n) is 1.84. The molecular weight excluding hydrogens is 154 g/mol. The van der Waals surface area contributed by atoms with Gasteiger partial charge in [0.1, 0.15) is 5.69 Å². The van der Waals surface area contributed by atoms with E-state index in [9.17, 15) is 4.79 Å². The number of aromatic nitrogens is 2. The lowest BCUT2D eigenvalue weighted by Gasteiger charge is -1.91. The quantitative estimate of drug-likeness (QED) is 0.635. The summed E-state index contributed by atoms with van der Waals surface area (Å²) in [6, 6.07) is 1.42. The third kappa shape index (κ3) is 1.11. The molecular formula is C5H6ClN3O. The molecule has 0 fully saturated rings. The Morgan fingerprint density at radius 1 is 1.90 bits per heavy atom. The number of carbonyl (C=O) groups is 1. The second-order valence-corrected chi connectivity index (χ2v) is 2.23. The minimum atomic E-state index is -0.526. The highest BCUT2D eigenvalue weighted by Gasteiger charge is 2.06. The van der Waals surface area contributed by atoms with Gasteiger partial charge in [0, 0.05) is 13.1 Å². The molecule has 1 aromatic rings. The molecule has 0 aromatic carbocycles. The highest BCUT2D eigenvalue weighted by molar-refractivity contribution is 6.29. The molecule has 1 amide bonds. The predicted octanol–water partition coefficient (Wildman–Crippen LogP) is 0.172. The van der Waals surface area contributed by atoms with Crippen LogP contribution in [0.2, 0.25) is 5.15 Å². The largest absolute Gasteiger partial charge is 0.364 e. The van der Waals surface area contributed by atoms with Crippen LogP contribution in [0.25, 0.3) is 0 Å². The first-order valence-electron chi connectivity index (χ1n) is 2.60. The van der Waals surface area contributed by atoms with Crippen LogP contribution in [0.3, 0.4) is 0 Å². The number of nitrogens with two attached hydrogens (primary N) is 1. The van der Waals surface area contributed by atoms with Crippen molar-refractivity contribution in [3.8, 4) is 0 Å². The molecule has 1 aromatic heterocycles. The first kappa shape index (κ1) is 7.08. The van der Waals surface area contributed by atoms with Crippen LogP contribution < -0.4 is 5.73 Å². The maximum Gasteiger partial charge on any atom is 0.267 e. The molecule has 5 heteroatoms. The summed E-state index contributed by atoms with van der Waals surface area (Å²) in [7, 11) is 1.60. The summed E-state index contributed by atoms with van der Waals surface area (Å²) in [6.45, 7) is 0. The minimum Gasteiger partial charge on any atom is -0.364 e. The van der Waals surface area contributed by atoms with Gasteiger partial charge in [-0.2, -0.15) is 5.10 Å². The van der Waals surface area contributed by atoms with Gasteiger partial charge in [0.15, 0.2) is 5.15 Å². The van der Waals surface area contributed by atoms with Crippen molar-refractivity contribution in [1.29, 1.82) is 0 Å². The van der Waals surface area contributed by atoms with E-state index in [1.807, 2.05) is 0 Å². The molecule has 0 aliphatic heterocycles. The van der Waals surface area contributed by atoms with E-state index in [0.29, 0.717) is 5.69 Å². The van der Waals surface area contributed by atoms with E-state index in [2.05, 4.69) is 5.10 Å². The number of hydrogen-bond acceptors (Lipinski definition) is 2. The Morgan fingerprint density at radius 3 is 2.70 bits per heavy atom. The number of aryl methyl sites for hydroxylation is 1. The number of nitrogens with zero attached hydrogens (tertiary/aromatic N) is 2. The van der Waals surface area contributed by atoms with Gasteiger partial charge in [0.05, 0.1) is 0 Å². The number of hydrogen-bond donors (Lipinski definition) is 1. The molecule has 0 saturated heterocycles. The Morgan fingerprint density at radius 2 is 2.50 bits per heavy atom. The van der Waals surface area contributed by atoms with Gasteiger partial charge in [0.2, 0.25) is 0 Å². The van der Waals surface area contributed by atoms with Crippen molar-refractivity contribution in [2.75, 3.05) is 0 Å². The Labute approximate surface area is 62.6 Å². The summed E-state index contributed by atoms with van der Waals surface area (Å²) in [6.07, 6.45) is 0. The monoisotopic (exact) mass is 159 g/mol. The van der Waals surface area contributed by atoms with E-state index in [4.69, 9.17) is 17.3 Å². The van der Waals surface area contributed by atoms with Crippen LogP contribution in [0.4, 0.5) is 0 Å². The molecule has 1 heterocycles. The molecule has 0 radical (unpaired) electrons. The molecule has 0 spiro atoms. The summed E-state index contributed by atoms with van der Waals surface area (Å²) in [5.74, 6) is -0.526. The fraction of sp³-hybridized carbons (Fsp3) is 0.200. The Kier molecular flexibility index (Phi) is 1.63. The highest BCUT2D eigenvalue weighted by Crippen LogP contribution is 2.06. The maximum atomic E-state index is 10.5. The molecule has 0 bridgehead atoms. The van der Waals surface area contributed by atoms with E-state index in [1.165, 1.54) is 10.7 Å². The van der Waals surface area contributed by atoms with Gasteiger partial charge in [-0.15, -0.1) is 0 Å². The molecule has 2 N–H and O–H groups in total. The SMILES string of the molecule is Cn1nc(Cl)cc1C(N)=O. The van der Waals surface area contributed by atoms with Gasteiger partial charge < -0.3 is 5.73 Å². The average Bonchev–Trinajstić information content (AvgIpc) is 2.10.